The highest BCUT2D eigenvalue weighted by atomic mass is 79.9. The predicted molar refractivity (Wildman–Crippen MR) is 268 cm³/mol. The van der Waals surface area contributed by atoms with Gasteiger partial charge < -0.3 is 40.1 Å². The fraction of sp³-hybridized carbons (Fsp3) is 0.612. The van der Waals surface area contributed by atoms with E-state index in [1.165, 1.54) is 6.92 Å². The van der Waals surface area contributed by atoms with Gasteiger partial charge in [-0.05, 0) is 89.8 Å². The summed E-state index contributed by atoms with van der Waals surface area (Å²) in [5.74, 6) is -4.05. The number of carbonyl (C=O) groups is 6. The third-order valence-corrected chi connectivity index (χ3v) is 10.3. The second kappa shape index (κ2) is 34.3. The van der Waals surface area contributed by atoms with E-state index in [2.05, 4.69) is 35.9 Å². The lowest BCUT2D eigenvalue weighted by atomic mass is 10.1. The molecule has 0 unspecified atom stereocenters. The van der Waals surface area contributed by atoms with Gasteiger partial charge in [-0.2, -0.15) is 5.26 Å². The third-order valence-electron chi connectivity index (χ3n) is 9.90. The zero-order chi connectivity index (χ0) is 51.3. The van der Waals surface area contributed by atoms with Crippen LogP contribution in [0.2, 0.25) is 0 Å². The number of alkyl halides is 1. The Balaban J connectivity index is 0.00000103. The van der Waals surface area contributed by atoms with Crippen molar-refractivity contribution < 1.29 is 58.7 Å². The van der Waals surface area contributed by atoms with Crippen molar-refractivity contribution in [1.82, 2.24) is 29.8 Å². The van der Waals surface area contributed by atoms with Gasteiger partial charge in [0.1, 0.15) is 11.2 Å². The Morgan fingerprint density at radius 2 is 0.870 bits per heavy atom. The van der Waals surface area contributed by atoms with Gasteiger partial charge in [-0.15, -0.1) is 0 Å². The van der Waals surface area contributed by atoms with Crippen molar-refractivity contribution in [2.24, 2.45) is 0 Å². The van der Waals surface area contributed by atoms with Gasteiger partial charge in [-0.1, -0.05) is 47.6 Å². The molecule has 0 radical (unpaired) electrons. The quantitative estimate of drug-likeness (QED) is 0.123. The zero-order valence-corrected chi connectivity index (χ0v) is 42.5. The van der Waals surface area contributed by atoms with Crippen LogP contribution in [0.3, 0.4) is 0 Å². The first kappa shape index (κ1) is 64.0. The van der Waals surface area contributed by atoms with Crippen LogP contribution >= 0.6 is 15.9 Å². The zero-order valence-electron chi connectivity index (χ0n) is 40.9. The summed E-state index contributed by atoms with van der Waals surface area (Å²) in [6, 6.07) is 15.4. The molecule has 0 aromatic heterocycles. The lowest BCUT2D eigenvalue weighted by Gasteiger charge is -2.27. The minimum Gasteiger partial charge on any atom is -0.480 e. The van der Waals surface area contributed by atoms with Crippen LogP contribution in [-0.4, -0.2) is 209 Å². The van der Waals surface area contributed by atoms with E-state index < -0.39 is 35.1 Å². The number of carbonyl (C=O) groups excluding carboxylic acids is 2. The minimum atomic E-state index is -0.955. The number of aliphatic carboxylic acids is 2. The predicted octanol–water partition coefficient (Wildman–Crippen LogP) is 4.38. The molecule has 0 saturated carbocycles. The summed E-state index contributed by atoms with van der Waals surface area (Å²) in [6.07, 6.45) is 1.66. The first-order valence-corrected chi connectivity index (χ1v) is 23.8. The Morgan fingerprint density at radius 1 is 0.565 bits per heavy atom. The minimum absolute atomic E-state index is 0. The summed E-state index contributed by atoms with van der Waals surface area (Å²) >= 11 is 3.32. The van der Waals surface area contributed by atoms with Crippen LogP contribution in [0.5, 0.6) is 0 Å². The maximum Gasteiger partial charge on any atom is 0.335 e. The van der Waals surface area contributed by atoms with Gasteiger partial charge in [-0.25, -0.2) is 9.59 Å². The van der Waals surface area contributed by atoms with Gasteiger partial charge in [0.2, 0.25) is 0 Å². The first-order valence-electron chi connectivity index (χ1n) is 22.6. The van der Waals surface area contributed by atoms with Crippen LogP contribution in [0.4, 0.5) is 0 Å². The molecule has 2 fully saturated rings. The van der Waals surface area contributed by atoms with Gasteiger partial charge in [0, 0.05) is 97.3 Å². The molecule has 0 aliphatic carbocycles. The molecular formula is C49H78BrN7O12. The second-order valence-corrected chi connectivity index (χ2v) is 18.9. The number of nitriles is 1. The van der Waals surface area contributed by atoms with Gasteiger partial charge in [0.25, 0.3) is 0 Å². The molecule has 69 heavy (non-hydrogen) atoms. The summed E-state index contributed by atoms with van der Waals surface area (Å²) < 4.78 is 10.8. The number of benzene rings is 2. The lowest BCUT2D eigenvalue weighted by Crippen LogP contribution is -2.42. The Morgan fingerprint density at radius 3 is 1.16 bits per heavy atom. The van der Waals surface area contributed by atoms with Crippen molar-refractivity contribution in [3.05, 3.63) is 70.8 Å². The van der Waals surface area contributed by atoms with Crippen molar-refractivity contribution >= 4 is 51.7 Å². The molecule has 19 nitrogen and oxygen atoms in total. The van der Waals surface area contributed by atoms with Crippen LogP contribution in [0, 0.1) is 11.3 Å². The molecule has 388 valence electrons. The molecule has 2 heterocycles. The number of hydrogen-bond acceptors (Lipinski definition) is 15. The molecule has 2 aromatic carbocycles. The van der Waals surface area contributed by atoms with Gasteiger partial charge >= 0.3 is 35.8 Å². The first-order chi connectivity index (χ1) is 31.9. The highest BCUT2D eigenvalue weighted by Gasteiger charge is 2.23. The smallest absolute Gasteiger partial charge is 0.335 e. The Kier molecular flexibility index (Phi) is 31.8. The van der Waals surface area contributed by atoms with Crippen molar-refractivity contribution in [2.75, 3.05) is 117 Å². The summed E-state index contributed by atoms with van der Waals surface area (Å²) in [4.78, 5) is 77.6. The SMILES string of the molecule is C.CC#N.CC(C)(C)OC(=O)CN1CCNCCN(CC(=O)OC(C)(C)C)CC1.O=C(O)CN1CCN(CCc2ccc(C(=O)O)cc2)CCN(CC(=O)O)CC1.O=C(O)c1ccc(CCBr)cc1. The standard InChI is InChI=1S/C19H27N3O6.C18H35N3O4.C9H9BrO2.C2H3N.CH4/c23-17(24)13-21-9-7-20(8-10-22(12-11-21)14-18(25)26)6-5-15-1-3-16(4-2-15)19(27)28;1-17(2,3)24-15(22)13-20-9-7-19-8-10-21(12-11-20)14-16(23)25-18(4,5)6;10-6-5-7-1-3-8(4-2-7)9(11)12;1-2-3;/h1-4H,5-14H2,(H,23,24)(H,25,26)(H,27,28);19H,7-14H2,1-6H3;1-4H,5-6H2,(H,11,12);1H3;1H4. The lowest BCUT2D eigenvalue weighted by molar-refractivity contribution is -0.158. The Hall–Kier alpha value is -5.01. The van der Waals surface area contributed by atoms with Crippen LogP contribution < -0.4 is 5.32 Å². The van der Waals surface area contributed by atoms with Crippen molar-refractivity contribution in [3.8, 4) is 6.07 Å². The van der Waals surface area contributed by atoms with Gasteiger partial charge in [-0.3, -0.25) is 38.8 Å². The molecule has 2 aromatic rings. The molecule has 5 N–H and O–H groups in total. The van der Waals surface area contributed by atoms with Crippen molar-refractivity contribution in [1.29, 1.82) is 5.26 Å². The fourth-order valence-corrected chi connectivity index (χ4v) is 7.12. The molecule has 2 aliphatic heterocycles. The summed E-state index contributed by atoms with van der Waals surface area (Å²) in [7, 11) is 0. The molecule has 0 bridgehead atoms. The van der Waals surface area contributed by atoms with Crippen LogP contribution in [0.1, 0.15) is 87.7 Å². The molecule has 20 heteroatoms. The maximum atomic E-state index is 12.1. The highest BCUT2D eigenvalue weighted by Crippen LogP contribution is 2.11. The molecule has 0 spiro atoms. The maximum absolute atomic E-state index is 12.1. The van der Waals surface area contributed by atoms with E-state index in [1.807, 2.05) is 63.5 Å². The number of hydrogen-bond donors (Lipinski definition) is 5. The molecule has 2 aliphatic rings. The average molecular weight is 1040 g/mol. The summed E-state index contributed by atoms with van der Waals surface area (Å²) in [5, 5.41) is 47.3. The molecular weight excluding hydrogens is 958 g/mol. The molecule has 2 saturated heterocycles. The van der Waals surface area contributed by atoms with Gasteiger partial charge in [0.05, 0.1) is 43.4 Å². The number of rotatable bonds is 15. The van der Waals surface area contributed by atoms with E-state index in [0.717, 1.165) is 62.0 Å². The number of aromatic carboxylic acids is 2. The van der Waals surface area contributed by atoms with Gasteiger partial charge in [0.15, 0.2) is 0 Å². The van der Waals surface area contributed by atoms with E-state index in [0.29, 0.717) is 57.9 Å². The number of ether oxygens (including phenoxy) is 2. The van der Waals surface area contributed by atoms with E-state index >= 15 is 0 Å². The number of halogens is 1. The topological polar surface area (TPSA) is 254 Å². The van der Waals surface area contributed by atoms with E-state index in [9.17, 15) is 28.8 Å². The Bertz CT molecular complexity index is 1820. The number of esters is 2. The van der Waals surface area contributed by atoms with Crippen LogP contribution in [0.25, 0.3) is 0 Å². The highest BCUT2D eigenvalue weighted by molar-refractivity contribution is 9.09. The largest absolute Gasteiger partial charge is 0.480 e. The summed E-state index contributed by atoms with van der Waals surface area (Å²) in [5.41, 5.74) is 1.81. The second-order valence-electron chi connectivity index (χ2n) is 18.1. The monoisotopic (exact) mass is 1040 g/mol. The van der Waals surface area contributed by atoms with E-state index in [1.54, 1.807) is 42.5 Å². The number of carboxylic acid groups (broad SMARTS) is 4. The average Bonchev–Trinajstić information content (AvgIpc) is 3.39. The van der Waals surface area contributed by atoms with E-state index in [-0.39, 0.29) is 51.1 Å². The fourth-order valence-electron chi connectivity index (χ4n) is 6.67. The van der Waals surface area contributed by atoms with E-state index in [4.69, 9.17) is 35.2 Å². The number of aryl methyl sites for hydroxylation is 1. The Labute approximate surface area is 417 Å². The third kappa shape index (κ3) is 32.4. The number of nitrogens with zero attached hydrogens (tertiary/aromatic N) is 6. The number of nitrogens with one attached hydrogen (secondary N) is 1. The number of carboxylic acids is 4. The van der Waals surface area contributed by atoms with Crippen molar-refractivity contribution in [2.45, 2.75) is 79.9 Å². The normalized spacial score (nSPS) is 15.7. The molecule has 0 amide bonds. The molecule has 4 rings (SSSR count). The molecule has 0 atom stereocenters. The van der Waals surface area contributed by atoms with Crippen molar-refractivity contribution in [3.63, 3.8) is 0 Å². The van der Waals surface area contributed by atoms with Crippen LogP contribution in [-0.2, 0) is 41.5 Å². The summed E-state index contributed by atoms with van der Waals surface area (Å²) in [6.45, 7) is 22.0. The van der Waals surface area contributed by atoms with Crippen LogP contribution in [0.15, 0.2) is 48.5 Å².